The molecule has 0 radical (unpaired) electrons. The van der Waals surface area contributed by atoms with Crippen LogP contribution in [-0.4, -0.2) is 49.4 Å². The molecule has 3 rings (SSSR count). The average Bonchev–Trinajstić information content (AvgIpc) is 2.60. The molecule has 24 heavy (non-hydrogen) atoms. The zero-order chi connectivity index (χ0) is 17.4. The Kier molecular flexibility index (Phi) is 4.48. The normalized spacial score (nSPS) is 18.0. The molecule has 2 heterocycles. The van der Waals surface area contributed by atoms with E-state index in [0.717, 1.165) is 49.1 Å². The highest BCUT2D eigenvalue weighted by Gasteiger charge is 2.33. The van der Waals surface area contributed by atoms with Gasteiger partial charge in [0.1, 0.15) is 12.1 Å². The van der Waals surface area contributed by atoms with E-state index in [0.29, 0.717) is 0 Å². The van der Waals surface area contributed by atoms with E-state index >= 15 is 0 Å². The third-order valence-electron chi connectivity index (χ3n) is 5.22. The van der Waals surface area contributed by atoms with Crippen LogP contribution in [0.1, 0.15) is 26.2 Å². The van der Waals surface area contributed by atoms with Gasteiger partial charge in [0.05, 0.1) is 10.4 Å². The summed E-state index contributed by atoms with van der Waals surface area (Å²) >= 11 is 0. The van der Waals surface area contributed by atoms with E-state index in [1.165, 1.54) is 12.6 Å². The third-order valence-corrected chi connectivity index (χ3v) is 6.33. The summed E-state index contributed by atoms with van der Waals surface area (Å²) in [6, 6.07) is 4.97. The zero-order valence-electron chi connectivity index (χ0n) is 14.1. The maximum absolute atomic E-state index is 11.8. The van der Waals surface area contributed by atoms with Crippen LogP contribution in [0.5, 0.6) is 0 Å². The van der Waals surface area contributed by atoms with Gasteiger partial charge in [-0.15, -0.1) is 0 Å². The number of anilines is 1. The molecule has 1 aromatic carbocycles. The topological polar surface area (TPSA) is 83.4 Å². The Morgan fingerprint density at radius 3 is 2.54 bits per heavy atom. The number of hydrogen-bond acceptors (Lipinski definition) is 6. The van der Waals surface area contributed by atoms with Crippen LogP contribution in [0.3, 0.4) is 0 Å². The van der Waals surface area contributed by atoms with Crippen LogP contribution in [0.4, 0.5) is 5.82 Å². The Morgan fingerprint density at radius 1 is 1.25 bits per heavy atom. The number of aliphatic hydroxyl groups is 1. The van der Waals surface area contributed by atoms with Gasteiger partial charge < -0.3 is 10.0 Å². The SMILES string of the molecule is CCC1(CO)CCN(c2ncnc3ccc(S(C)(=O)=O)cc23)CC1. The van der Waals surface area contributed by atoms with Crippen molar-refractivity contribution in [3.05, 3.63) is 24.5 Å². The average molecular weight is 349 g/mol. The molecule has 0 unspecified atom stereocenters. The first kappa shape index (κ1) is 17.1. The summed E-state index contributed by atoms with van der Waals surface area (Å²) in [6.45, 7) is 3.91. The van der Waals surface area contributed by atoms with Crippen LogP contribution >= 0.6 is 0 Å². The van der Waals surface area contributed by atoms with Crippen molar-refractivity contribution in [2.75, 3.05) is 30.9 Å². The van der Waals surface area contributed by atoms with Crippen molar-refractivity contribution < 1.29 is 13.5 Å². The van der Waals surface area contributed by atoms with Crippen LogP contribution in [0.15, 0.2) is 29.4 Å². The summed E-state index contributed by atoms with van der Waals surface area (Å²) in [5.74, 6) is 0.771. The second kappa shape index (κ2) is 6.29. The number of aromatic nitrogens is 2. The summed E-state index contributed by atoms with van der Waals surface area (Å²) in [5, 5.41) is 10.4. The second-order valence-corrected chi connectivity index (χ2v) is 8.66. The van der Waals surface area contributed by atoms with Gasteiger partial charge in [0.2, 0.25) is 0 Å². The molecule has 0 spiro atoms. The molecule has 1 fully saturated rings. The van der Waals surface area contributed by atoms with Gasteiger partial charge >= 0.3 is 0 Å². The molecule has 1 aliphatic heterocycles. The minimum absolute atomic E-state index is 0.00273. The van der Waals surface area contributed by atoms with Gasteiger partial charge in [-0.3, -0.25) is 0 Å². The predicted molar refractivity (Wildman–Crippen MR) is 93.9 cm³/mol. The first-order chi connectivity index (χ1) is 11.4. The summed E-state index contributed by atoms with van der Waals surface area (Å²) in [6.07, 6.45) is 5.48. The molecule has 130 valence electrons. The molecule has 1 aromatic heterocycles. The highest BCUT2D eigenvalue weighted by Crippen LogP contribution is 2.37. The fourth-order valence-corrected chi connectivity index (χ4v) is 3.97. The number of aliphatic hydroxyl groups excluding tert-OH is 1. The van der Waals surface area contributed by atoms with E-state index < -0.39 is 9.84 Å². The third kappa shape index (κ3) is 3.10. The van der Waals surface area contributed by atoms with Crippen molar-refractivity contribution in [1.82, 2.24) is 9.97 Å². The van der Waals surface area contributed by atoms with Crippen molar-refractivity contribution in [2.24, 2.45) is 5.41 Å². The minimum Gasteiger partial charge on any atom is -0.396 e. The van der Waals surface area contributed by atoms with Gasteiger partial charge in [-0.25, -0.2) is 18.4 Å². The highest BCUT2D eigenvalue weighted by atomic mass is 32.2. The molecule has 7 heteroatoms. The summed E-state index contributed by atoms with van der Waals surface area (Å²) < 4.78 is 23.7. The number of sulfone groups is 1. The quantitative estimate of drug-likeness (QED) is 0.909. The molecular weight excluding hydrogens is 326 g/mol. The Bertz CT molecular complexity index is 837. The molecule has 2 aromatic rings. The maximum Gasteiger partial charge on any atom is 0.175 e. The lowest BCUT2D eigenvalue weighted by atomic mass is 9.77. The lowest BCUT2D eigenvalue weighted by Gasteiger charge is -2.40. The Labute approximate surface area is 142 Å². The Balaban J connectivity index is 1.98. The monoisotopic (exact) mass is 349 g/mol. The van der Waals surface area contributed by atoms with Crippen LogP contribution in [0.25, 0.3) is 10.9 Å². The lowest BCUT2D eigenvalue weighted by molar-refractivity contribution is 0.0921. The van der Waals surface area contributed by atoms with Gasteiger partial charge in [-0.05, 0) is 42.9 Å². The van der Waals surface area contributed by atoms with Crippen molar-refractivity contribution >= 4 is 26.6 Å². The second-order valence-electron chi connectivity index (χ2n) is 6.65. The predicted octanol–water partition coefficient (Wildman–Crippen LogP) is 2.02. The van der Waals surface area contributed by atoms with Gasteiger partial charge in [0, 0.05) is 31.3 Å². The van der Waals surface area contributed by atoms with Crippen molar-refractivity contribution in [3.63, 3.8) is 0 Å². The fraction of sp³-hybridized carbons (Fsp3) is 0.529. The zero-order valence-corrected chi connectivity index (χ0v) is 14.9. The molecule has 1 saturated heterocycles. The maximum atomic E-state index is 11.8. The number of nitrogens with zero attached hydrogens (tertiary/aromatic N) is 3. The van der Waals surface area contributed by atoms with Crippen molar-refractivity contribution in [1.29, 1.82) is 0 Å². The first-order valence-corrected chi connectivity index (χ1v) is 10.1. The molecule has 0 bridgehead atoms. The standard InChI is InChI=1S/C17H23N3O3S/c1-3-17(11-21)6-8-20(9-7-17)16-14-10-13(24(2,22)23)4-5-15(14)18-12-19-16/h4-5,10,12,21H,3,6-9,11H2,1-2H3. The molecule has 6 nitrogen and oxygen atoms in total. The van der Waals surface area contributed by atoms with E-state index in [2.05, 4.69) is 21.8 Å². The number of hydrogen-bond donors (Lipinski definition) is 1. The van der Waals surface area contributed by atoms with Crippen LogP contribution in [0, 0.1) is 5.41 Å². The fourth-order valence-electron chi connectivity index (χ4n) is 3.32. The van der Waals surface area contributed by atoms with Gasteiger partial charge in [-0.2, -0.15) is 0 Å². The minimum atomic E-state index is -3.28. The van der Waals surface area contributed by atoms with Gasteiger partial charge in [-0.1, -0.05) is 6.92 Å². The number of piperidine rings is 1. The van der Waals surface area contributed by atoms with Crippen LogP contribution in [0.2, 0.25) is 0 Å². The molecule has 1 aliphatic rings. The molecular formula is C17H23N3O3S. The summed E-state index contributed by atoms with van der Waals surface area (Å²) in [7, 11) is -3.28. The lowest BCUT2D eigenvalue weighted by Crippen LogP contribution is -2.42. The van der Waals surface area contributed by atoms with E-state index in [1.807, 2.05) is 0 Å². The molecule has 1 N–H and O–H groups in total. The molecule has 0 atom stereocenters. The largest absolute Gasteiger partial charge is 0.396 e. The van der Waals surface area contributed by atoms with E-state index in [9.17, 15) is 13.5 Å². The molecule has 0 saturated carbocycles. The smallest absolute Gasteiger partial charge is 0.175 e. The summed E-state index contributed by atoms with van der Waals surface area (Å²) in [5.41, 5.74) is 0.735. The summed E-state index contributed by atoms with van der Waals surface area (Å²) in [4.78, 5) is 11.1. The van der Waals surface area contributed by atoms with E-state index in [1.54, 1.807) is 18.2 Å². The van der Waals surface area contributed by atoms with E-state index in [4.69, 9.17) is 0 Å². The van der Waals surface area contributed by atoms with Crippen molar-refractivity contribution in [3.8, 4) is 0 Å². The Morgan fingerprint density at radius 2 is 1.96 bits per heavy atom. The van der Waals surface area contributed by atoms with Gasteiger partial charge in [0.25, 0.3) is 0 Å². The van der Waals surface area contributed by atoms with Crippen LogP contribution < -0.4 is 4.90 Å². The van der Waals surface area contributed by atoms with E-state index in [-0.39, 0.29) is 16.9 Å². The number of benzene rings is 1. The highest BCUT2D eigenvalue weighted by molar-refractivity contribution is 7.90. The van der Waals surface area contributed by atoms with Gasteiger partial charge in [0.15, 0.2) is 9.84 Å². The number of rotatable bonds is 4. The van der Waals surface area contributed by atoms with Crippen molar-refractivity contribution in [2.45, 2.75) is 31.1 Å². The van der Waals surface area contributed by atoms with Crippen LogP contribution in [-0.2, 0) is 9.84 Å². The molecule has 0 aliphatic carbocycles. The molecule has 0 amide bonds. The first-order valence-electron chi connectivity index (χ1n) is 8.19. The Hall–Kier alpha value is -1.73. The number of fused-ring (bicyclic) bond motifs is 1.